The van der Waals surface area contributed by atoms with Crippen LogP contribution in [0.4, 0.5) is 5.69 Å². The van der Waals surface area contributed by atoms with E-state index in [1.165, 1.54) is 31.4 Å². The minimum absolute atomic E-state index is 0.739. The van der Waals surface area contributed by atoms with Gasteiger partial charge in [-0.15, -0.1) is 10.2 Å². The SMILES string of the molecule is C(=N/n1cnnc1-c1ccccc1)/c1ccc(N2CCCCCC2)cc1. The van der Waals surface area contributed by atoms with Crippen LogP contribution in [0.3, 0.4) is 0 Å². The van der Waals surface area contributed by atoms with Gasteiger partial charge >= 0.3 is 0 Å². The van der Waals surface area contributed by atoms with Gasteiger partial charge in [-0.25, -0.2) is 0 Å². The molecule has 1 aliphatic heterocycles. The fraction of sp³-hybridized carbons (Fsp3) is 0.286. The van der Waals surface area contributed by atoms with Gasteiger partial charge in [0.05, 0.1) is 6.21 Å². The van der Waals surface area contributed by atoms with E-state index in [0.717, 1.165) is 30.0 Å². The second kappa shape index (κ2) is 7.95. The van der Waals surface area contributed by atoms with Crippen molar-refractivity contribution in [3.63, 3.8) is 0 Å². The van der Waals surface area contributed by atoms with Crippen molar-refractivity contribution >= 4 is 11.9 Å². The van der Waals surface area contributed by atoms with E-state index in [9.17, 15) is 0 Å². The number of hydrogen-bond donors (Lipinski definition) is 0. The third-order valence-electron chi connectivity index (χ3n) is 4.76. The van der Waals surface area contributed by atoms with Crippen molar-refractivity contribution in [1.82, 2.24) is 14.9 Å². The molecule has 0 N–H and O–H groups in total. The number of rotatable bonds is 4. The molecule has 0 amide bonds. The molecule has 1 aliphatic rings. The molecule has 0 unspecified atom stereocenters. The monoisotopic (exact) mass is 345 g/mol. The quantitative estimate of drug-likeness (QED) is 0.666. The highest BCUT2D eigenvalue weighted by Crippen LogP contribution is 2.20. The summed E-state index contributed by atoms with van der Waals surface area (Å²) < 4.78 is 1.71. The molecule has 1 aromatic heterocycles. The second-order valence-corrected chi connectivity index (χ2v) is 6.60. The molecule has 5 nitrogen and oxygen atoms in total. The Labute approximate surface area is 154 Å². The third kappa shape index (κ3) is 3.82. The highest BCUT2D eigenvalue weighted by Gasteiger charge is 2.09. The third-order valence-corrected chi connectivity index (χ3v) is 4.76. The summed E-state index contributed by atoms with van der Waals surface area (Å²) in [6, 6.07) is 18.6. The molecule has 0 spiro atoms. The summed E-state index contributed by atoms with van der Waals surface area (Å²) in [7, 11) is 0. The Balaban J connectivity index is 1.49. The minimum atomic E-state index is 0.739. The molecule has 3 aromatic rings. The predicted octanol–water partition coefficient (Wildman–Crippen LogP) is 4.21. The standard InChI is InChI=1S/C21H23N5/c1-2-7-15-25(14-6-1)20-12-10-18(11-13-20)16-23-26-17-22-24-21(26)19-8-4-3-5-9-19/h3-5,8-13,16-17H,1-2,6-7,14-15H2/b23-16-. The molecule has 0 radical (unpaired) electrons. The lowest BCUT2D eigenvalue weighted by Crippen LogP contribution is -2.23. The van der Waals surface area contributed by atoms with E-state index in [1.54, 1.807) is 11.0 Å². The minimum Gasteiger partial charge on any atom is -0.372 e. The Morgan fingerprint density at radius 1 is 0.846 bits per heavy atom. The van der Waals surface area contributed by atoms with Gasteiger partial charge in [-0.3, -0.25) is 0 Å². The molecule has 4 rings (SSSR count). The Morgan fingerprint density at radius 2 is 1.58 bits per heavy atom. The van der Waals surface area contributed by atoms with Gasteiger partial charge in [0.25, 0.3) is 0 Å². The van der Waals surface area contributed by atoms with Crippen LogP contribution < -0.4 is 4.90 Å². The first-order chi connectivity index (χ1) is 12.9. The number of aromatic nitrogens is 3. The van der Waals surface area contributed by atoms with Gasteiger partial charge < -0.3 is 4.90 Å². The summed E-state index contributed by atoms with van der Waals surface area (Å²) in [6.45, 7) is 2.32. The normalized spacial score (nSPS) is 15.3. The molecular weight excluding hydrogens is 322 g/mol. The van der Waals surface area contributed by atoms with E-state index in [-0.39, 0.29) is 0 Å². The van der Waals surface area contributed by atoms with Crippen LogP contribution in [0.5, 0.6) is 0 Å². The molecule has 5 heteroatoms. The highest BCUT2D eigenvalue weighted by atomic mass is 15.4. The van der Waals surface area contributed by atoms with Crippen LogP contribution in [0.15, 0.2) is 66.0 Å². The summed E-state index contributed by atoms with van der Waals surface area (Å²) in [6.07, 6.45) is 8.76. The Hall–Kier alpha value is -2.95. The highest BCUT2D eigenvalue weighted by molar-refractivity contribution is 5.80. The number of hydrogen-bond acceptors (Lipinski definition) is 4. The van der Waals surface area contributed by atoms with Crippen LogP contribution >= 0.6 is 0 Å². The molecule has 2 aromatic carbocycles. The molecule has 0 saturated carbocycles. The maximum Gasteiger partial charge on any atom is 0.184 e. The van der Waals surface area contributed by atoms with Crippen molar-refractivity contribution in [2.75, 3.05) is 18.0 Å². The van der Waals surface area contributed by atoms with Crippen molar-refractivity contribution in [2.45, 2.75) is 25.7 Å². The zero-order chi connectivity index (χ0) is 17.6. The van der Waals surface area contributed by atoms with E-state index < -0.39 is 0 Å². The molecule has 132 valence electrons. The fourth-order valence-corrected chi connectivity index (χ4v) is 3.32. The van der Waals surface area contributed by atoms with E-state index in [4.69, 9.17) is 0 Å². The lowest BCUT2D eigenvalue weighted by Gasteiger charge is -2.22. The first-order valence-corrected chi connectivity index (χ1v) is 9.25. The Kier molecular flexibility index (Phi) is 5.05. The molecule has 2 heterocycles. The first-order valence-electron chi connectivity index (χ1n) is 9.25. The van der Waals surface area contributed by atoms with E-state index >= 15 is 0 Å². The molecule has 0 bridgehead atoms. The zero-order valence-electron chi connectivity index (χ0n) is 14.8. The molecule has 1 saturated heterocycles. The average Bonchev–Trinajstić information content (AvgIpc) is 3.00. The average molecular weight is 345 g/mol. The van der Waals surface area contributed by atoms with Crippen molar-refractivity contribution < 1.29 is 0 Å². The maximum atomic E-state index is 4.52. The van der Waals surface area contributed by atoms with Crippen LogP contribution in [-0.2, 0) is 0 Å². The lowest BCUT2D eigenvalue weighted by molar-refractivity contribution is 0.726. The van der Waals surface area contributed by atoms with E-state index in [2.05, 4.69) is 44.5 Å². The van der Waals surface area contributed by atoms with Gasteiger partial charge in [0.15, 0.2) is 5.82 Å². The number of anilines is 1. The van der Waals surface area contributed by atoms with Crippen molar-refractivity contribution in [3.8, 4) is 11.4 Å². The molecule has 0 atom stereocenters. The van der Waals surface area contributed by atoms with Crippen LogP contribution in [0.1, 0.15) is 31.2 Å². The summed E-state index contributed by atoms with van der Waals surface area (Å²) in [4.78, 5) is 2.49. The zero-order valence-corrected chi connectivity index (χ0v) is 14.8. The van der Waals surface area contributed by atoms with Gasteiger partial charge in [-0.05, 0) is 30.5 Å². The van der Waals surface area contributed by atoms with Crippen LogP contribution in [0, 0.1) is 0 Å². The molecular formula is C21H23N5. The van der Waals surface area contributed by atoms with Crippen molar-refractivity contribution in [1.29, 1.82) is 0 Å². The summed E-state index contributed by atoms with van der Waals surface area (Å²) in [5.41, 5.74) is 3.37. The van der Waals surface area contributed by atoms with Crippen molar-refractivity contribution in [2.24, 2.45) is 5.10 Å². The summed E-state index contributed by atoms with van der Waals surface area (Å²) in [5, 5.41) is 12.7. The van der Waals surface area contributed by atoms with Gasteiger partial charge in [0.1, 0.15) is 6.33 Å². The summed E-state index contributed by atoms with van der Waals surface area (Å²) >= 11 is 0. The Morgan fingerprint density at radius 3 is 2.31 bits per heavy atom. The van der Waals surface area contributed by atoms with Gasteiger partial charge in [0, 0.05) is 24.3 Å². The molecule has 0 aliphatic carbocycles. The fourth-order valence-electron chi connectivity index (χ4n) is 3.32. The van der Waals surface area contributed by atoms with E-state index in [1.807, 2.05) is 36.5 Å². The molecule has 26 heavy (non-hydrogen) atoms. The van der Waals surface area contributed by atoms with Crippen molar-refractivity contribution in [3.05, 3.63) is 66.5 Å². The van der Waals surface area contributed by atoms with Gasteiger partial charge in [-0.1, -0.05) is 55.3 Å². The second-order valence-electron chi connectivity index (χ2n) is 6.60. The van der Waals surface area contributed by atoms with Crippen LogP contribution in [0.2, 0.25) is 0 Å². The van der Waals surface area contributed by atoms with Crippen LogP contribution in [0.25, 0.3) is 11.4 Å². The Bertz CT molecular complexity index is 844. The molecule has 1 fully saturated rings. The smallest absolute Gasteiger partial charge is 0.184 e. The van der Waals surface area contributed by atoms with Gasteiger partial charge in [0.2, 0.25) is 0 Å². The maximum absolute atomic E-state index is 4.52. The summed E-state index contributed by atoms with van der Waals surface area (Å²) in [5.74, 6) is 0.739. The number of nitrogens with zero attached hydrogens (tertiary/aromatic N) is 5. The lowest BCUT2D eigenvalue weighted by atomic mass is 10.2. The topological polar surface area (TPSA) is 46.3 Å². The number of benzene rings is 2. The first kappa shape index (κ1) is 16.5. The van der Waals surface area contributed by atoms with Gasteiger partial charge in [-0.2, -0.15) is 9.78 Å². The largest absolute Gasteiger partial charge is 0.372 e. The van der Waals surface area contributed by atoms with Crippen LogP contribution in [-0.4, -0.2) is 34.2 Å². The predicted molar refractivity (Wildman–Crippen MR) is 106 cm³/mol. The van der Waals surface area contributed by atoms with E-state index in [0.29, 0.717) is 0 Å².